The van der Waals surface area contributed by atoms with Crippen molar-refractivity contribution in [1.29, 1.82) is 0 Å². The molecule has 0 unspecified atom stereocenters. The Morgan fingerprint density at radius 3 is 3.07 bits per heavy atom. The molecule has 1 N–H and O–H groups in total. The van der Waals surface area contributed by atoms with Gasteiger partial charge in [-0.25, -0.2) is 0 Å². The number of ether oxygens (including phenoxy) is 1. The van der Waals surface area contributed by atoms with Gasteiger partial charge in [0.2, 0.25) is 0 Å². The molecule has 0 aromatic carbocycles. The van der Waals surface area contributed by atoms with E-state index in [0.717, 1.165) is 18.7 Å². The normalized spacial score (nSPS) is 10.5. The van der Waals surface area contributed by atoms with Crippen molar-refractivity contribution in [3.05, 3.63) is 30.1 Å². The fourth-order valence-electron chi connectivity index (χ4n) is 1.18. The topological polar surface area (TPSA) is 39.1 Å². The van der Waals surface area contributed by atoms with Crippen LogP contribution < -0.4 is 5.32 Å². The van der Waals surface area contributed by atoms with Crippen LogP contribution >= 0.6 is 0 Å². The zero-order chi connectivity index (χ0) is 11.1. The molecule has 1 heterocycles. The highest BCUT2D eigenvalue weighted by Gasteiger charge is 1.96. The Morgan fingerprint density at radius 2 is 2.47 bits per heavy atom. The summed E-state index contributed by atoms with van der Waals surface area (Å²) in [6, 6.07) is 2.00. The molecule has 0 saturated carbocycles. The second-order valence-electron chi connectivity index (χ2n) is 3.63. The molecule has 0 aliphatic rings. The van der Waals surface area contributed by atoms with E-state index in [0.29, 0.717) is 13.2 Å². The lowest BCUT2D eigenvalue weighted by atomic mass is 10.4. The molecule has 0 fully saturated rings. The Bertz CT molecular complexity index is 307. The first-order valence-electron chi connectivity index (χ1n) is 5.10. The van der Waals surface area contributed by atoms with Crippen LogP contribution in [0, 0.1) is 0 Å². The summed E-state index contributed by atoms with van der Waals surface area (Å²) in [4.78, 5) is 0. The highest BCUT2D eigenvalue weighted by atomic mass is 16.5. The van der Waals surface area contributed by atoms with Gasteiger partial charge in [-0.1, -0.05) is 12.2 Å². The van der Waals surface area contributed by atoms with E-state index in [1.807, 2.05) is 24.7 Å². The molecule has 1 rings (SSSR count). The maximum Gasteiger partial charge on any atom is 0.0672 e. The van der Waals surface area contributed by atoms with Gasteiger partial charge >= 0.3 is 0 Å². The lowest BCUT2D eigenvalue weighted by molar-refractivity contribution is 0.157. The van der Waals surface area contributed by atoms with Gasteiger partial charge in [0.15, 0.2) is 0 Å². The highest BCUT2D eigenvalue weighted by molar-refractivity contribution is 4.98. The number of rotatable bonds is 7. The first-order valence-corrected chi connectivity index (χ1v) is 5.10. The Morgan fingerprint density at radius 1 is 1.67 bits per heavy atom. The van der Waals surface area contributed by atoms with Gasteiger partial charge in [0.1, 0.15) is 0 Å². The van der Waals surface area contributed by atoms with Crippen LogP contribution in [0.4, 0.5) is 0 Å². The van der Waals surface area contributed by atoms with Crippen LogP contribution in [-0.4, -0.2) is 29.5 Å². The summed E-state index contributed by atoms with van der Waals surface area (Å²) in [5.74, 6) is 0. The number of nitrogens with one attached hydrogen (secondary N) is 1. The second kappa shape index (κ2) is 6.37. The van der Waals surface area contributed by atoms with Gasteiger partial charge in [0, 0.05) is 26.3 Å². The molecular weight excluding hydrogens is 190 g/mol. The molecule has 0 spiro atoms. The zero-order valence-corrected chi connectivity index (χ0v) is 9.49. The van der Waals surface area contributed by atoms with Gasteiger partial charge in [0.25, 0.3) is 0 Å². The summed E-state index contributed by atoms with van der Waals surface area (Å²) in [6.07, 6.45) is 1.80. The van der Waals surface area contributed by atoms with E-state index in [1.54, 1.807) is 6.20 Å². The molecular formula is C11H19N3O. The SMILES string of the molecule is C=C(C)COCCNCc1ccnn1C. The van der Waals surface area contributed by atoms with Crippen molar-refractivity contribution in [2.75, 3.05) is 19.8 Å². The third-order valence-corrected chi connectivity index (χ3v) is 2.00. The maximum atomic E-state index is 5.36. The standard InChI is InChI=1S/C11H19N3O/c1-10(2)9-15-7-6-12-8-11-4-5-13-14(11)3/h4-5,12H,1,6-9H2,2-3H3. The minimum atomic E-state index is 0.646. The second-order valence-corrected chi connectivity index (χ2v) is 3.63. The van der Waals surface area contributed by atoms with E-state index in [4.69, 9.17) is 4.74 Å². The Labute approximate surface area is 90.9 Å². The van der Waals surface area contributed by atoms with Gasteiger partial charge in [-0.3, -0.25) is 4.68 Å². The molecule has 0 atom stereocenters. The van der Waals surface area contributed by atoms with Crippen molar-refractivity contribution in [1.82, 2.24) is 15.1 Å². The minimum absolute atomic E-state index is 0.646. The third kappa shape index (κ3) is 4.76. The van der Waals surface area contributed by atoms with E-state index in [2.05, 4.69) is 17.0 Å². The van der Waals surface area contributed by atoms with Crippen LogP contribution in [0.1, 0.15) is 12.6 Å². The average Bonchev–Trinajstić information content (AvgIpc) is 2.57. The molecule has 0 radical (unpaired) electrons. The first-order chi connectivity index (χ1) is 7.20. The molecule has 4 heteroatoms. The lowest BCUT2D eigenvalue weighted by Crippen LogP contribution is -2.21. The van der Waals surface area contributed by atoms with Crippen molar-refractivity contribution in [3.63, 3.8) is 0 Å². The van der Waals surface area contributed by atoms with Crippen molar-refractivity contribution in [2.24, 2.45) is 7.05 Å². The zero-order valence-electron chi connectivity index (χ0n) is 9.49. The summed E-state index contributed by atoms with van der Waals surface area (Å²) in [7, 11) is 1.94. The van der Waals surface area contributed by atoms with Gasteiger partial charge in [0.05, 0.1) is 18.9 Å². The average molecular weight is 209 g/mol. The van der Waals surface area contributed by atoms with Crippen LogP contribution in [0.2, 0.25) is 0 Å². The lowest BCUT2D eigenvalue weighted by Gasteiger charge is -2.06. The van der Waals surface area contributed by atoms with E-state index in [9.17, 15) is 0 Å². The van der Waals surface area contributed by atoms with Crippen LogP contribution in [0.15, 0.2) is 24.4 Å². The predicted molar refractivity (Wildman–Crippen MR) is 60.5 cm³/mol. The number of hydrogen-bond acceptors (Lipinski definition) is 3. The van der Waals surface area contributed by atoms with Gasteiger partial charge in [-0.2, -0.15) is 5.10 Å². The van der Waals surface area contributed by atoms with Crippen molar-refractivity contribution in [2.45, 2.75) is 13.5 Å². The quantitative estimate of drug-likeness (QED) is 0.540. The van der Waals surface area contributed by atoms with E-state index in [-0.39, 0.29) is 0 Å². The van der Waals surface area contributed by atoms with E-state index in [1.165, 1.54) is 5.69 Å². The minimum Gasteiger partial charge on any atom is -0.376 e. The van der Waals surface area contributed by atoms with Crippen LogP contribution in [0.5, 0.6) is 0 Å². The summed E-state index contributed by atoms with van der Waals surface area (Å²) in [5.41, 5.74) is 2.23. The summed E-state index contributed by atoms with van der Waals surface area (Å²) < 4.78 is 7.22. The number of hydrogen-bond donors (Lipinski definition) is 1. The molecule has 0 saturated heterocycles. The first kappa shape index (κ1) is 11.9. The molecule has 0 aliphatic heterocycles. The molecule has 1 aromatic heterocycles. The number of nitrogens with zero attached hydrogens (tertiary/aromatic N) is 2. The maximum absolute atomic E-state index is 5.36. The third-order valence-electron chi connectivity index (χ3n) is 2.00. The molecule has 4 nitrogen and oxygen atoms in total. The van der Waals surface area contributed by atoms with Gasteiger partial charge in [-0.15, -0.1) is 0 Å². The van der Waals surface area contributed by atoms with Crippen molar-refractivity contribution in [3.8, 4) is 0 Å². The molecule has 0 amide bonds. The van der Waals surface area contributed by atoms with Crippen molar-refractivity contribution >= 4 is 0 Å². The Hall–Kier alpha value is -1.13. The monoisotopic (exact) mass is 209 g/mol. The highest BCUT2D eigenvalue weighted by Crippen LogP contribution is 1.94. The molecule has 1 aromatic rings. The summed E-state index contributed by atoms with van der Waals surface area (Å²) in [6.45, 7) is 8.76. The fourth-order valence-corrected chi connectivity index (χ4v) is 1.18. The summed E-state index contributed by atoms with van der Waals surface area (Å²) >= 11 is 0. The molecule has 15 heavy (non-hydrogen) atoms. The number of aryl methyl sites for hydroxylation is 1. The smallest absolute Gasteiger partial charge is 0.0672 e. The van der Waals surface area contributed by atoms with Gasteiger partial charge < -0.3 is 10.1 Å². The largest absolute Gasteiger partial charge is 0.376 e. The van der Waals surface area contributed by atoms with Crippen molar-refractivity contribution < 1.29 is 4.74 Å². The van der Waals surface area contributed by atoms with Crippen LogP contribution in [0.25, 0.3) is 0 Å². The molecule has 84 valence electrons. The van der Waals surface area contributed by atoms with Crippen LogP contribution in [-0.2, 0) is 18.3 Å². The Kier molecular flexibility index (Phi) is 5.07. The molecule has 0 bridgehead atoms. The van der Waals surface area contributed by atoms with Crippen LogP contribution in [0.3, 0.4) is 0 Å². The van der Waals surface area contributed by atoms with E-state index >= 15 is 0 Å². The molecule has 0 aliphatic carbocycles. The van der Waals surface area contributed by atoms with Gasteiger partial charge in [-0.05, 0) is 13.0 Å². The Balaban J connectivity index is 2.03. The van der Waals surface area contributed by atoms with E-state index < -0.39 is 0 Å². The summed E-state index contributed by atoms with van der Waals surface area (Å²) in [5, 5.41) is 7.38. The number of aromatic nitrogens is 2. The fraction of sp³-hybridized carbons (Fsp3) is 0.545. The predicted octanol–water partition coefficient (Wildman–Crippen LogP) is 1.10.